The summed E-state index contributed by atoms with van der Waals surface area (Å²) in [4.78, 5) is 20.3. The number of nitrogen functional groups attached to an aromatic ring is 1. The average Bonchev–Trinajstić information content (AvgIpc) is 3.29. The van der Waals surface area contributed by atoms with Gasteiger partial charge in [-0.2, -0.15) is 9.61 Å². The third-order valence-electron chi connectivity index (χ3n) is 4.77. The summed E-state index contributed by atoms with van der Waals surface area (Å²) in [7, 11) is 1.62. The maximum Gasteiger partial charge on any atom is 0.274 e. The van der Waals surface area contributed by atoms with Crippen LogP contribution in [0, 0.1) is 0 Å². The molecule has 0 saturated heterocycles. The van der Waals surface area contributed by atoms with Crippen LogP contribution in [0.15, 0.2) is 59.7 Å². The van der Waals surface area contributed by atoms with E-state index >= 15 is 0 Å². The molecule has 0 bridgehead atoms. The summed E-state index contributed by atoms with van der Waals surface area (Å²) in [6.07, 6.45) is 3.44. The highest BCUT2D eigenvalue weighted by Gasteiger charge is 2.17. The predicted molar refractivity (Wildman–Crippen MR) is 109 cm³/mol. The molecule has 0 saturated carbocycles. The minimum Gasteiger partial charge on any atom is -0.382 e. The first kappa shape index (κ1) is 17.1. The van der Waals surface area contributed by atoms with Crippen molar-refractivity contribution >= 4 is 22.4 Å². The van der Waals surface area contributed by atoms with Crippen LogP contribution in [0.2, 0.25) is 0 Å². The molecule has 29 heavy (non-hydrogen) atoms. The van der Waals surface area contributed by atoms with Crippen LogP contribution >= 0.6 is 0 Å². The molecule has 4 aromatic heterocycles. The molecule has 4 heterocycles. The number of pyridine rings is 1. The molecule has 0 spiro atoms. The number of nitrogens with one attached hydrogen (secondary N) is 1. The lowest BCUT2D eigenvalue weighted by Crippen LogP contribution is -2.14. The van der Waals surface area contributed by atoms with Gasteiger partial charge in [-0.05, 0) is 29.8 Å². The number of ether oxygens (including phenoxy) is 1. The summed E-state index contributed by atoms with van der Waals surface area (Å²) in [5.74, 6) is 0.241. The minimum absolute atomic E-state index is 0.241. The molecule has 0 amide bonds. The van der Waals surface area contributed by atoms with Gasteiger partial charge in [0.2, 0.25) is 0 Å². The van der Waals surface area contributed by atoms with Crippen LogP contribution in [0.5, 0.6) is 0 Å². The fourth-order valence-corrected chi connectivity index (χ4v) is 3.46. The molecular weight excluding hydrogens is 370 g/mol. The second kappa shape index (κ2) is 6.57. The third kappa shape index (κ3) is 2.75. The molecule has 0 aliphatic carbocycles. The van der Waals surface area contributed by atoms with E-state index in [1.807, 2.05) is 36.4 Å². The largest absolute Gasteiger partial charge is 0.382 e. The summed E-state index contributed by atoms with van der Waals surface area (Å²) < 4.78 is 8.18. The van der Waals surface area contributed by atoms with Crippen LogP contribution < -0.4 is 11.3 Å². The van der Waals surface area contributed by atoms with Gasteiger partial charge in [0.15, 0.2) is 5.82 Å². The molecule has 5 rings (SSSR count). The van der Waals surface area contributed by atoms with Crippen molar-refractivity contribution in [3.63, 3.8) is 0 Å². The lowest BCUT2D eigenvalue weighted by Gasteiger charge is -2.06. The highest BCUT2D eigenvalue weighted by molar-refractivity contribution is 5.87. The number of nitrogens with zero attached hydrogens (tertiary/aromatic N) is 5. The van der Waals surface area contributed by atoms with Gasteiger partial charge in [-0.1, -0.05) is 12.1 Å². The SMILES string of the molecule is COCn1ncc2cc(-c3cc(=O)n4nc(N)c(-c5ccccn5)c4[nH]3)ccc21. The molecule has 1 aromatic carbocycles. The van der Waals surface area contributed by atoms with Gasteiger partial charge in [-0.3, -0.25) is 9.78 Å². The molecule has 9 heteroatoms. The number of benzene rings is 1. The van der Waals surface area contributed by atoms with Crippen molar-refractivity contribution in [1.29, 1.82) is 0 Å². The fourth-order valence-electron chi connectivity index (χ4n) is 3.46. The Morgan fingerprint density at radius 3 is 2.90 bits per heavy atom. The first-order chi connectivity index (χ1) is 14.2. The molecule has 0 atom stereocenters. The second-order valence-electron chi connectivity index (χ2n) is 6.59. The standard InChI is InChI=1S/C20H17N7O2/c1-29-11-26-16-6-5-12(8-13(16)10-23-26)15-9-17(28)27-20(24-15)18(19(21)25-27)14-4-2-3-7-22-14/h2-10,24H,11H2,1H3,(H2,21,25). The highest BCUT2D eigenvalue weighted by Crippen LogP contribution is 2.29. The van der Waals surface area contributed by atoms with E-state index in [9.17, 15) is 4.79 Å². The van der Waals surface area contributed by atoms with Crippen LogP contribution in [-0.4, -0.2) is 36.5 Å². The molecule has 3 N–H and O–H groups in total. The van der Waals surface area contributed by atoms with Crippen molar-refractivity contribution < 1.29 is 4.74 Å². The molecule has 144 valence electrons. The van der Waals surface area contributed by atoms with Crippen LogP contribution in [0.1, 0.15) is 0 Å². The van der Waals surface area contributed by atoms with E-state index in [2.05, 4.69) is 20.2 Å². The van der Waals surface area contributed by atoms with E-state index in [1.54, 1.807) is 24.2 Å². The Labute approximate surface area is 164 Å². The maximum absolute atomic E-state index is 12.7. The normalized spacial score (nSPS) is 11.5. The van der Waals surface area contributed by atoms with Crippen LogP contribution in [0.4, 0.5) is 5.82 Å². The zero-order valence-electron chi connectivity index (χ0n) is 15.5. The van der Waals surface area contributed by atoms with Crippen LogP contribution in [-0.2, 0) is 11.5 Å². The molecule has 0 fully saturated rings. The summed E-state index contributed by atoms with van der Waals surface area (Å²) in [5, 5.41) is 9.45. The number of fused-ring (bicyclic) bond motifs is 2. The van der Waals surface area contributed by atoms with E-state index in [1.165, 1.54) is 10.6 Å². The second-order valence-corrected chi connectivity index (χ2v) is 6.59. The number of anilines is 1. The van der Waals surface area contributed by atoms with E-state index in [4.69, 9.17) is 10.5 Å². The van der Waals surface area contributed by atoms with Crippen molar-refractivity contribution in [3.05, 3.63) is 65.2 Å². The summed E-state index contributed by atoms with van der Waals surface area (Å²) >= 11 is 0. The van der Waals surface area contributed by atoms with Crippen molar-refractivity contribution in [2.75, 3.05) is 12.8 Å². The Balaban J connectivity index is 1.70. The van der Waals surface area contributed by atoms with Crippen molar-refractivity contribution in [3.8, 4) is 22.5 Å². The van der Waals surface area contributed by atoms with Crippen molar-refractivity contribution in [1.82, 2.24) is 29.4 Å². The number of methoxy groups -OCH3 is 1. The Morgan fingerprint density at radius 2 is 2.10 bits per heavy atom. The highest BCUT2D eigenvalue weighted by atomic mass is 16.5. The first-order valence-corrected chi connectivity index (χ1v) is 8.93. The Hall–Kier alpha value is -3.98. The molecular formula is C20H17N7O2. The monoisotopic (exact) mass is 387 g/mol. The molecule has 0 radical (unpaired) electrons. The van der Waals surface area contributed by atoms with E-state index in [0.29, 0.717) is 29.3 Å². The number of aromatic nitrogens is 6. The maximum atomic E-state index is 12.7. The fraction of sp³-hybridized carbons (Fsp3) is 0.100. The average molecular weight is 387 g/mol. The predicted octanol–water partition coefficient (Wildman–Crippen LogP) is 2.29. The Bertz CT molecular complexity index is 1400. The van der Waals surface area contributed by atoms with Gasteiger partial charge in [0.05, 0.1) is 28.7 Å². The quantitative estimate of drug-likeness (QED) is 0.489. The Morgan fingerprint density at radius 1 is 1.21 bits per heavy atom. The lowest BCUT2D eigenvalue weighted by molar-refractivity contribution is 0.124. The van der Waals surface area contributed by atoms with Gasteiger partial charge in [0.25, 0.3) is 5.56 Å². The van der Waals surface area contributed by atoms with Gasteiger partial charge < -0.3 is 15.5 Å². The van der Waals surface area contributed by atoms with Gasteiger partial charge in [0.1, 0.15) is 12.4 Å². The third-order valence-corrected chi connectivity index (χ3v) is 4.77. The summed E-state index contributed by atoms with van der Waals surface area (Å²) in [6, 6.07) is 12.9. The number of H-pyrrole nitrogens is 1. The van der Waals surface area contributed by atoms with Crippen LogP contribution in [0.25, 0.3) is 39.1 Å². The van der Waals surface area contributed by atoms with Crippen LogP contribution in [0.3, 0.4) is 0 Å². The summed E-state index contributed by atoms with van der Waals surface area (Å²) in [6.45, 7) is 0.369. The smallest absolute Gasteiger partial charge is 0.274 e. The van der Waals surface area contributed by atoms with E-state index < -0.39 is 0 Å². The van der Waals surface area contributed by atoms with E-state index in [-0.39, 0.29) is 11.4 Å². The zero-order chi connectivity index (χ0) is 20.0. The van der Waals surface area contributed by atoms with Gasteiger partial charge in [-0.25, -0.2) is 4.68 Å². The number of hydrogen-bond acceptors (Lipinski definition) is 6. The zero-order valence-corrected chi connectivity index (χ0v) is 15.5. The topological polar surface area (TPSA) is 116 Å². The van der Waals surface area contributed by atoms with Gasteiger partial charge in [-0.15, -0.1) is 5.10 Å². The van der Waals surface area contributed by atoms with Crippen molar-refractivity contribution in [2.24, 2.45) is 0 Å². The van der Waals surface area contributed by atoms with Gasteiger partial charge >= 0.3 is 0 Å². The molecule has 0 aliphatic heterocycles. The Kier molecular flexibility index (Phi) is 3.88. The number of hydrogen-bond donors (Lipinski definition) is 2. The summed E-state index contributed by atoms with van der Waals surface area (Å²) in [5.41, 5.74) is 10.0. The molecule has 0 unspecified atom stereocenters. The number of aromatic amines is 1. The lowest BCUT2D eigenvalue weighted by atomic mass is 10.1. The molecule has 0 aliphatic rings. The van der Waals surface area contributed by atoms with Gasteiger partial charge in [0, 0.05) is 24.8 Å². The molecule has 9 nitrogen and oxygen atoms in total. The van der Waals surface area contributed by atoms with Crippen molar-refractivity contribution in [2.45, 2.75) is 6.73 Å². The van der Waals surface area contributed by atoms with E-state index in [0.717, 1.165) is 16.5 Å². The first-order valence-electron chi connectivity index (χ1n) is 8.93. The molecule has 5 aromatic rings. The minimum atomic E-state index is -0.280. The number of nitrogens with two attached hydrogens (primary N) is 1. The number of rotatable bonds is 4.